The van der Waals surface area contributed by atoms with Crippen molar-refractivity contribution in [3.63, 3.8) is 0 Å². The van der Waals surface area contributed by atoms with Gasteiger partial charge in [-0.25, -0.2) is 0 Å². The normalized spacial score (nSPS) is 46.0. The molecule has 17 heavy (non-hydrogen) atoms. The van der Waals surface area contributed by atoms with Crippen molar-refractivity contribution in [3.8, 4) is 6.07 Å². The Morgan fingerprint density at radius 3 is 3.18 bits per heavy atom. The minimum atomic E-state index is -0.207. The average molecular weight is 237 g/mol. The van der Waals surface area contributed by atoms with E-state index < -0.39 is 0 Å². The van der Waals surface area contributed by atoms with Gasteiger partial charge in [-0.1, -0.05) is 0 Å². The lowest BCUT2D eigenvalue weighted by Gasteiger charge is -2.42. The second kappa shape index (κ2) is 4.24. The molecule has 0 radical (unpaired) electrons. The molecule has 3 heterocycles. The second-order valence-corrected chi connectivity index (χ2v) is 5.61. The lowest BCUT2D eigenvalue weighted by Crippen LogP contribution is -2.52. The summed E-state index contributed by atoms with van der Waals surface area (Å²) in [5.41, 5.74) is -0.207. The van der Waals surface area contributed by atoms with E-state index in [4.69, 9.17) is 19.5 Å². The first-order valence-electron chi connectivity index (χ1n) is 6.52. The third-order valence-electron chi connectivity index (χ3n) is 4.16. The Morgan fingerprint density at radius 2 is 2.35 bits per heavy atom. The first-order valence-corrected chi connectivity index (χ1v) is 6.52. The number of nitrogens with zero attached hydrogens (tertiary/aromatic N) is 1. The highest BCUT2D eigenvalue weighted by atomic mass is 16.6. The molecule has 0 N–H and O–H groups in total. The van der Waals surface area contributed by atoms with Crippen LogP contribution in [0.2, 0.25) is 0 Å². The van der Waals surface area contributed by atoms with Gasteiger partial charge in [-0.05, 0) is 26.2 Å². The van der Waals surface area contributed by atoms with Crippen molar-refractivity contribution in [2.45, 2.75) is 56.5 Å². The van der Waals surface area contributed by atoms with Gasteiger partial charge in [-0.15, -0.1) is 0 Å². The van der Waals surface area contributed by atoms with Crippen molar-refractivity contribution >= 4 is 0 Å². The van der Waals surface area contributed by atoms with Crippen molar-refractivity contribution in [3.05, 3.63) is 0 Å². The van der Waals surface area contributed by atoms with Gasteiger partial charge < -0.3 is 14.2 Å². The predicted octanol–water partition coefficient (Wildman–Crippen LogP) is 1.64. The number of ether oxygens (including phenoxy) is 3. The van der Waals surface area contributed by atoms with Gasteiger partial charge in [-0.2, -0.15) is 5.26 Å². The lowest BCUT2D eigenvalue weighted by atomic mass is 9.85. The summed E-state index contributed by atoms with van der Waals surface area (Å²) in [6.45, 7) is 3.32. The van der Waals surface area contributed by atoms with Gasteiger partial charge in [-0.3, -0.25) is 0 Å². The molecule has 0 saturated carbocycles. The highest BCUT2D eigenvalue weighted by Gasteiger charge is 2.55. The van der Waals surface area contributed by atoms with Gasteiger partial charge in [0.05, 0.1) is 37.6 Å². The minimum absolute atomic E-state index is 0.0653. The van der Waals surface area contributed by atoms with Crippen molar-refractivity contribution in [1.82, 2.24) is 0 Å². The molecule has 3 aliphatic rings. The van der Waals surface area contributed by atoms with E-state index in [0.717, 1.165) is 25.7 Å². The Bertz CT molecular complexity index is 340. The zero-order chi connectivity index (χ0) is 11.9. The van der Waals surface area contributed by atoms with E-state index in [0.29, 0.717) is 13.2 Å². The highest BCUT2D eigenvalue weighted by Crippen LogP contribution is 2.45. The molecule has 3 saturated heterocycles. The monoisotopic (exact) mass is 237 g/mol. The molecular weight excluding hydrogens is 218 g/mol. The van der Waals surface area contributed by atoms with Crippen LogP contribution < -0.4 is 0 Å². The first-order chi connectivity index (χ1) is 8.22. The van der Waals surface area contributed by atoms with E-state index in [9.17, 15) is 0 Å². The summed E-state index contributed by atoms with van der Waals surface area (Å²) in [5.74, 6) is 0.0653. The van der Waals surface area contributed by atoms with E-state index in [-0.39, 0.29) is 29.8 Å². The van der Waals surface area contributed by atoms with Gasteiger partial charge >= 0.3 is 0 Å². The van der Waals surface area contributed by atoms with Crippen molar-refractivity contribution < 1.29 is 14.2 Å². The standard InChI is InChI=1S/C13H19NO3/c1-9(6-14)4-10-2-3-12-13(17-10)5-11(16-12)7-15-8-13/h9-12H,2-5,7-8H2,1H3/t9-,10-,11?,12?,13?/m1/s1. The summed E-state index contributed by atoms with van der Waals surface area (Å²) in [7, 11) is 0. The SMILES string of the molecule is C[C@@H](C#N)C[C@H]1CCC2OC3COCC2(C3)O1. The van der Waals surface area contributed by atoms with Crippen LogP contribution in [0.3, 0.4) is 0 Å². The number of fused-ring (bicyclic) bond motifs is 1. The fraction of sp³-hybridized carbons (Fsp3) is 0.923. The third-order valence-corrected chi connectivity index (χ3v) is 4.16. The molecule has 0 amide bonds. The molecular formula is C13H19NO3. The Hall–Kier alpha value is -0.630. The van der Waals surface area contributed by atoms with Crippen LogP contribution in [0.1, 0.15) is 32.6 Å². The molecule has 0 aromatic rings. The fourth-order valence-electron chi connectivity index (χ4n) is 3.36. The zero-order valence-electron chi connectivity index (χ0n) is 10.2. The van der Waals surface area contributed by atoms with Crippen LogP contribution in [0.4, 0.5) is 0 Å². The smallest absolute Gasteiger partial charge is 0.120 e. The summed E-state index contributed by atoms with van der Waals surface area (Å²) in [4.78, 5) is 0. The molecule has 0 aromatic heterocycles. The largest absolute Gasteiger partial charge is 0.376 e. The Morgan fingerprint density at radius 1 is 1.47 bits per heavy atom. The maximum absolute atomic E-state index is 8.87. The number of rotatable bonds is 2. The summed E-state index contributed by atoms with van der Waals surface area (Å²) in [6, 6.07) is 2.28. The van der Waals surface area contributed by atoms with Crippen LogP contribution in [-0.2, 0) is 14.2 Å². The molecule has 5 atom stereocenters. The third kappa shape index (κ3) is 1.97. The zero-order valence-corrected chi connectivity index (χ0v) is 10.2. The van der Waals surface area contributed by atoms with E-state index in [1.54, 1.807) is 0 Å². The fourth-order valence-corrected chi connectivity index (χ4v) is 3.36. The molecule has 3 rings (SSSR count). The number of hydrogen-bond acceptors (Lipinski definition) is 4. The molecule has 0 aromatic carbocycles. The van der Waals surface area contributed by atoms with E-state index >= 15 is 0 Å². The second-order valence-electron chi connectivity index (χ2n) is 5.61. The summed E-state index contributed by atoms with van der Waals surface area (Å²) < 4.78 is 17.8. The molecule has 3 unspecified atom stereocenters. The minimum Gasteiger partial charge on any atom is -0.376 e. The maximum atomic E-state index is 8.87. The van der Waals surface area contributed by atoms with Gasteiger partial charge in [0.2, 0.25) is 0 Å². The summed E-state index contributed by atoms with van der Waals surface area (Å²) in [6.07, 6.45) is 4.48. The van der Waals surface area contributed by atoms with Gasteiger partial charge in [0.1, 0.15) is 5.60 Å². The van der Waals surface area contributed by atoms with Crippen LogP contribution in [0.5, 0.6) is 0 Å². The van der Waals surface area contributed by atoms with Crippen LogP contribution in [0, 0.1) is 17.2 Å². The first kappa shape index (κ1) is 11.5. The predicted molar refractivity (Wildman–Crippen MR) is 60.3 cm³/mol. The lowest BCUT2D eigenvalue weighted by molar-refractivity contribution is -0.185. The molecule has 4 nitrogen and oxygen atoms in total. The molecule has 0 aliphatic carbocycles. The molecule has 2 bridgehead atoms. The van der Waals surface area contributed by atoms with E-state index in [1.165, 1.54) is 0 Å². The van der Waals surface area contributed by atoms with E-state index in [2.05, 4.69) is 6.07 Å². The van der Waals surface area contributed by atoms with Gasteiger partial charge in [0.25, 0.3) is 0 Å². The molecule has 1 spiro atoms. The topological polar surface area (TPSA) is 51.5 Å². The maximum Gasteiger partial charge on any atom is 0.120 e. The average Bonchev–Trinajstić information content (AvgIpc) is 2.58. The molecule has 3 aliphatic heterocycles. The molecule has 3 fully saturated rings. The van der Waals surface area contributed by atoms with Gasteiger partial charge in [0, 0.05) is 12.3 Å². The van der Waals surface area contributed by atoms with E-state index in [1.807, 2.05) is 6.92 Å². The molecule has 4 heteroatoms. The quantitative estimate of drug-likeness (QED) is 0.732. The Labute approximate surface area is 102 Å². The van der Waals surface area contributed by atoms with Crippen LogP contribution in [-0.4, -0.2) is 37.1 Å². The van der Waals surface area contributed by atoms with Crippen LogP contribution >= 0.6 is 0 Å². The number of hydrogen-bond donors (Lipinski definition) is 0. The Kier molecular flexibility index (Phi) is 2.86. The van der Waals surface area contributed by atoms with Crippen LogP contribution in [0.25, 0.3) is 0 Å². The molecule has 94 valence electrons. The van der Waals surface area contributed by atoms with Gasteiger partial charge in [0.15, 0.2) is 0 Å². The summed E-state index contributed by atoms with van der Waals surface area (Å²) in [5, 5.41) is 8.87. The van der Waals surface area contributed by atoms with Crippen molar-refractivity contribution in [2.24, 2.45) is 5.92 Å². The Balaban J connectivity index is 1.69. The highest BCUT2D eigenvalue weighted by molar-refractivity contribution is 5.04. The number of nitriles is 1. The van der Waals surface area contributed by atoms with Crippen LogP contribution in [0.15, 0.2) is 0 Å². The van der Waals surface area contributed by atoms with Crippen molar-refractivity contribution in [2.75, 3.05) is 13.2 Å². The van der Waals surface area contributed by atoms with Crippen molar-refractivity contribution in [1.29, 1.82) is 5.26 Å². The summed E-state index contributed by atoms with van der Waals surface area (Å²) >= 11 is 0.